The number of nitrogens with zero attached hydrogens (tertiary/aromatic N) is 3. The third kappa shape index (κ3) is 2.76. The summed E-state index contributed by atoms with van der Waals surface area (Å²) >= 11 is 1.16. The Labute approximate surface area is 133 Å². The Bertz CT molecular complexity index is 753. The molecule has 0 aliphatic carbocycles. The van der Waals surface area contributed by atoms with E-state index in [1.807, 2.05) is 13.2 Å². The summed E-state index contributed by atoms with van der Waals surface area (Å²) in [5, 5.41) is 5.82. The maximum Gasteiger partial charge on any atom is 0.256 e. The molecule has 1 fully saturated rings. The second-order valence-corrected chi connectivity index (χ2v) is 8.00. The molecule has 1 unspecified atom stereocenters. The van der Waals surface area contributed by atoms with E-state index in [2.05, 4.69) is 5.10 Å². The van der Waals surface area contributed by atoms with Gasteiger partial charge in [-0.3, -0.25) is 4.68 Å². The van der Waals surface area contributed by atoms with Crippen molar-refractivity contribution in [2.45, 2.75) is 10.3 Å². The highest BCUT2D eigenvalue weighted by molar-refractivity contribution is 7.91. The van der Waals surface area contributed by atoms with E-state index in [1.165, 1.54) is 11.4 Å². The van der Waals surface area contributed by atoms with Gasteiger partial charge < -0.3 is 9.47 Å². The lowest BCUT2D eigenvalue weighted by molar-refractivity contribution is -0.00256. The van der Waals surface area contributed by atoms with Gasteiger partial charge in [-0.1, -0.05) is 0 Å². The topological polar surface area (TPSA) is 73.7 Å². The van der Waals surface area contributed by atoms with Gasteiger partial charge in [0.05, 0.1) is 26.0 Å². The minimum absolute atomic E-state index is 0.238. The van der Waals surface area contributed by atoms with Gasteiger partial charge in [-0.2, -0.15) is 9.40 Å². The molecule has 7 nitrogen and oxygen atoms in total. The first-order valence-electron chi connectivity index (χ1n) is 6.74. The molecule has 1 aliphatic rings. The smallest absolute Gasteiger partial charge is 0.256 e. The molecule has 0 radical (unpaired) electrons. The van der Waals surface area contributed by atoms with Gasteiger partial charge in [0.25, 0.3) is 10.0 Å². The van der Waals surface area contributed by atoms with Crippen molar-refractivity contribution in [2.75, 3.05) is 26.8 Å². The summed E-state index contributed by atoms with van der Waals surface area (Å²) in [6.07, 6.45) is 3.24. The van der Waals surface area contributed by atoms with Crippen molar-refractivity contribution in [1.29, 1.82) is 0 Å². The molecule has 0 saturated carbocycles. The fourth-order valence-electron chi connectivity index (χ4n) is 2.39. The first-order valence-corrected chi connectivity index (χ1v) is 9.06. The fourth-order valence-corrected chi connectivity index (χ4v) is 5.23. The van der Waals surface area contributed by atoms with Crippen molar-refractivity contribution in [3.8, 4) is 5.75 Å². The van der Waals surface area contributed by atoms with Crippen LogP contribution in [0.2, 0.25) is 0 Å². The van der Waals surface area contributed by atoms with Crippen molar-refractivity contribution in [3.63, 3.8) is 0 Å². The number of rotatable bonds is 4. The Balaban J connectivity index is 1.85. The zero-order valence-electron chi connectivity index (χ0n) is 12.3. The van der Waals surface area contributed by atoms with E-state index in [1.54, 1.807) is 22.3 Å². The van der Waals surface area contributed by atoms with Crippen molar-refractivity contribution in [2.24, 2.45) is 7.05 Å². The summed E-state index contributed by atoms with van der Waals surface area (Å²) in [5.74, 6) is 0.384. The van der Waals surface area contributed by atoms with E-state index < -0.39 is 10.0 Å². The zero-order valence-corrected chi connectivity index (χ0v) is 13.9. The molecule has 22 heavy (non-hydrogen) atoms. The number of hydrogen-bond acceptors (Lipinski definition) is 6. The van der Waals surface area contributed by atoms with Crippen molar-refractivity contribution in [1.82, 2.24) is 14.1 Å². The third-order valence-corrected chi connectivity index (χ3v) is 6.80. The number of ether oxygens (including phenoxy) is 2. The lowest BCUT2D eigenvalue weighted by Gasteiger charge is -2.31. The van der Waals surface area contributed by atoms with Crippen LogP contribution in [-0.4, -0.2) is 49.3 Å². The molecule has 1 atom stereocenters. The average molecular weight is 343 g/mol. The van der Waals surface area contributed by atoms with Gasteiger partial charge in [0.15, 0.2) is 4.21 Å². The van der Waals surface area contributed by atoms with Gasteiger partial charge >= 0.3 is 0 Å². The van der Waals surface area contributed by atoms with E-state index in [-0.39, 0.29) is 16.9 Å². The van der Waals surface area contributed by atoms with E-state index in [0.29, 0.717) is 18.9 Å². The molecule has 1 saturated heterocycles. The quantitative estimate of drug-likeness (QED) is 0.835. The predicted molar refractivity (Wildman–Crippen MR) is 81.5 cm³/mol. The first-order chi connectivity index (χ1) is 10.5. The molecular weight excluding hydrogens is 326 g/mol. The number of hydrogen-bond donors (Lipinski definition) is 0. The van der Waals surface area contributed by atoms with Crippen LogP contribution in [0.25, 0.3) is 0 Å². The van der Waals surface area contributed by atoms with Crippen LogP contribution in [-0.2, 0) is 21.8 Å². The van der Waals surface area contributed by atoms with Gasteiger partial charge in [0.1, 0.15) is 5.75 Å². The van der Waals surface area contributed by atoms with Gasteiger partial charge in [0, 0.05) is 31.9 Å². The highest BCUT2D eigenvalue weighted by atomic mass is 32.2. The molecule has 0 bridgehead atoms. The molecule has 0 spiro atoms. The predicted octanol–water partition coefficient (Wildman–Crippen LogP) is 1.25. The van der Waals surface area contributed by atoms with E-state index in [4.69, 9.17) is 9.47 Å². The third-order valence-electron chi connectivity index (χ3n) is 3.52. The van der Waals surface area contributed by atoms with Crippen molar-refractivity contribution >= 4 is 21.4 Å². The van der Waals surface area contributed by atoms with Gasteiger partial charge in [-0.05, 0) is 11.4 Å². The highest BCUT2D eigenvalue weighted by Crippen LogP contribution is 2.34. The number of sulfonamides is 1. The molecule has 1 aliphatic heterocycles. The zero-order chi connectivity index (χ0) is 15.7. The van der Waals surface area contributed by atoms with Crippen LogP contribution in [0.15, 0.2) is 28.0 Å². The van der Waals surface area contributed by atoms with E-state index >= 15 is 0 Å². The molecule has 3 heterocycles. The Morgan fingerprint density at radius 3 is 3.00 bits per heavy atom. The number of morpholine rings is 1. The fraction of sp³-hybridized carbons (Fsp3) is 0.462. The van der Waals surface area contributed by atoms with Crippen molar-refractivity contribution in [3.05, 3.63) is 29.4 Å². The standard InChI is InChI=1S/C13H17N3O4S2/c1-15-8-10(7-14-15)12-9-16(4-5-20-12)22(17,18)13-11(19-2)3-6-21-13/h3,6-8,12H,4-5,9H2,1-2H3. The highest BCUT2D eigenvalue weighted by Gasteiger charge is 2.34. The lowest BCUT2D eigenvalue weighted by Crippen LogP contribution is -2.41. The van der Waals surface area contributed by atoms with E-state index in [0.717, 1.165) is 16.9 Å². The van der Waals surface area contributed by atoms with Crippen LogP contribution in [0.5, 0.6) is 5.75 Å². The Morgan fingerprint density at radius 2 is 2.32 bits per heavy atom. The molecular formula is C13H17N3O4S2. The van der Waals surface area contributed by atoms with Crippen LogP contribution < -0.4 is 4.74 Å². The molecule has 0 aromatic carbocycles. The van der Waals surface area contributed by atoms with E-state index in [9.17, 15) is 8.42 Å². The lowest BCUT2D eigenvalue weighted by atomic mass is 10.2. The number of thiophene rings is 1. The summed E-state index contributed by atoms with van der Waals surface area (Å²) in [5.41, 5.74) is 0.876. The number of aromatic nitrogens is 2. The molecule has 9 heteroatoms. The van der Waals surface area contributed by atoms with Crippen LogP contribution >= 0.6 is 11.3 Å². The van der Waals surface area contributed by atoms with Crippen LogP contribution in [0, 0.1) is 0 Å². The van der Waals surface area contributed by atoms with Crippen molar-refractivity contribution < 1.29 is 17.9 Å². The average Bonchev–Trinajstić information content (AvgIpc) is 3.16. The van der Waals surface area contributed by atoms with Crippen LogP contribution in [0.4, 0.5) is 0 Å². The molecule has 0 N–H and O–H groups in total. The number of methoxy groups -OCH3 is 1. The van der Waals surface area contributed by atoms with Gasteiger partial charge in [0.2, 0.25) is 0 Å². The first kappa shape index (κ1) is 15.5. The number of aryl methyl sites for hydroxylation is 1. The summed E-state index contributed by atoms with van der Waals surface area (Å²) in [7, 11) is -0.288. The largest absolute Gasteiger partial charge is 0.494 e. The van der Waals surface area contributed by atoms with Gasteiger partial charge in [-0.25, -0.2) is 8.42 Å². The van der Waals surface area contributed by atoms with Gasteiger partial charge in [-0.15, -0.1) is 11.3 Å². The molecule has 0 amide bonds. The second-order valence-electron chi connectivity index (χ2n) is 4.95. The molecule has 2 aromatic heterocycles. The van der Waals surface area contributed by atoms with Crippen LogP contribution in [0.1, 0.15) is 11.7 Å². The maximum atomic E-state index is 12.8. The molecule has 3 rings (SSSR count). The summed E-state index contributed by atoms with van der Waals surface area (Å²) in [4.78, 5) is 0. The Kier molecular flexibility index (Phi) is 4.22. The summed E-state index contributed by atoms with van der Waals surface area (Å²) < 4.78 is 39.8. The Hall–Kier alpha value is -1.42. The monoisotopic (exact) mass is 343 g/mol. The maximum absolute atomic E-state index is 12.8. The molecule has 2 aromatic rings. The molecule has 120 valence electrons. The SMILES string of the molecule is COc1ccsc1S(=O)(=O)N1CCOC(c2cnn(C)c2)C1. The Morgan fingerprint density at radius 1 is 1.50 bits per heavy atom. The summed E-state index contributed by atoms with van der Waals surface area (Å²) in [6, 6.07) is 1.66. The van der Waals surface area contributed by atoms with Crippen LogP contribution in [0.3, 0.4) is 0 Å². The normalized spacial score (nSPS) is 20.2. The minimum atomic E-state index is -3.58. The second kappa shape index (κ2) is 5.99. The minimum Gasteiger partial charge on any atom is -0.494 e. The summed E-state index contributed by atoms with van der Waals surface area (Å²) in [6.45, 7) is 0.960.